The molecular formula is C13H11F2P. The molecule has 0 unspecified atom stereocenters. The Bertz CT molecular complexity index is 451. The molecular weight excluding hydrogens is 225 g/mol. The normalized spacial score (nSPS) is 10.8. The molecule has 0 bridgehead atoms. The summed E-state index contributed by atoms with van der Waals surface area (Å²) in [4.78, 5) is 0. The lowest BCUT2D eigenvalue weighted by molar-refractivity contribution is 0.629. The Hall–Kier alpha value is -1.27. The first kappa shape index (κ1) is 11.2. The van der Waals surface area contributed by atoms with Crippen LogP contribution in [0.25, 0.3) is 0 Å². The van der Waals surface area contributed by atoms with Crippen LogP contribution in [0, 0.1) is 11.6 Å². The van der Waals surface area contributed by atoms with Crippen LogP contribution in [-0.2, 0) is 0 Å². The summed E-state index contributed by atoms with van der Waals surface area (Å²) in [5, 5.41) is 1.83. The molecule has 16 heavy (non-hydrogen) atoms. The molecule has 0 aliphatic heterocycles. The van der Waals surface area contributed by atoms with Crippen molar-refractivity contribution in [3.8, 4) is 0 Å². The summed E-state index contributed by atoms with van der Waals surface area (Å²) < 4.78 is 26.1. The number of hydrogen-bond donors (Lipinski definition) is 0. The van der Waals surface area contributed by atoms with Crippen molar-refractivity contribution in [2.75, 3.05) is 6.66 Å². The standard InChI is InChI=1S/C13H11F2P/c1-16(12-6-2-4-10(14)8-12)13-7-3-5-11(15)9-13/h2-9H,1H3. The summed E-state index contributed by atoms with van der Waals surface area (Å²) in [6.45, 7) is 2.00. The van der Waals surface area contributed by atoms with Gasteiger partial charge < -0.3 is 0 Å². The van der Waals surface area contributed by atoms with Gasteiger partial charge in [-0.1, -0.05) is 24.3 Å². The van der Waals surface area contributed by atoms with Crippen LogP contribution in [0.4, 0.5) is 8.78 Å². The molecule has 0 saturated heterocycles. The molecule has 0 fully saturated rings. The van der Waals surface area contributed by atoms with E-state index in [0.29, 0.717) is 0 Å². The van der Waals surface area contributed by atoms with E-state index >= 15 is 0 Å². The highest BCUT2D eigenvalue weighted by atomic mass is 31.1. The second-order valence-electron chi connectivity index (χ2n) is 3.52. The first-order valence-corrected chi connectivity index (χ1v) is 6.70. The molecule has 0 aliphatic carbocycles. The van der Waals surface area contributed by atoms with E-state index in [1.54, 1.807) is 12.1 Å². The lowest BCUT2D eigenvalue weighted by atomic mass is 10.3. The molecule has 0 aliphatic rings. The Balaban J connectivity index is 2.35. The van der Waals surface area contributed by atoms with E-state index in [0.717, 1.165) is 10.6 Å². The van der Waals surface area contributed by atoms with Gasteiger partial charge in [-0.05, 0) is 49.5 Å². The molecule has 0 nitrogen and oxygen atoms in total. The Labute approximate surface area is 94.7 Å². The third-order valence-electron chi connectivity index (χ3n) is 2.39. The van der Waals surface area contributed by atoms with E-state index < -0.39 is 7.92 Å². The van der Waals surface area contributed by atoms with Crippen LogP contribution in [-0.4, -0.2) is 6.66 Å². The topological polar surface area (TPSA) is 0 Å². The molecule has 0 atom stereocenters. The molecule has 82 valence electrons. The van der Waals surface area contributed by atoms with Crippen molar-refractivity contribution < 1.29 is 8.78 Å². The number of halogens is 2. The summed E-state index contributed by atoms with van der Waals surface area (Å²) in [6, 6.07) is 13.0. The van der Waals surface area contributed by atoms with Crippen molar-refractivity contribution >= 4 is 18.5 Å². The fourth-order valence-electron chi connectivity index (χ4n) is 1.52. The molecule has 0 amide bonds. The second-order valence-corrected chi connectivity index (χ2v) is 5.67. The van der Waals surface area contributed by atoms with Crippen molar-refractivity contribution in [2.45, 2.75) is 0 Å². The highest BCUT2D eigenvalue weighted by Crippen LogP contribution is 2.28. The molecule has 0 spiro atoms. The van der Waals surface area contributed by atoms with E-state index in [1.165, 1.54) is 24.3 Å². The van der Waals surface area contributed by atoms with Crippen LogP contribution in [0.3, 0.4) is 0 Å². The minimum atomic E-state index is -0.683. The van der Waals surface area contributed by atoms with Gasteiger partial charge in [0.05, 0.1) is 0 Å². The number of benzene rings is 2. The fraction of sp³-hybridized carbons (Fsp3) is 0.0769. The van der Waals surface area contributed by atoms with Gasteiger partial charge in [-0.25, -0.2) is 8.78 Å². The van der Waals surface area contributed by atoms with Gasteiger partial charge in [0.15, 0.2) is 0 Å². The molecule has 0 saturated carbocycles. The lowest BCUT2D eigenvalue weighted by Gasteiger charge is -2.12. The largest absolute Gasteiger partial charge is 0.207 e. The Morgan fingerprint density at radius 3 is 1.62 bits per heavy atom. The van der Waals surface area contributed by atoms with Crippen LogP contribution in [0.5, 0.6) is 0 Å². The summed E-state index contributed by atoms with van der Waals surface area (Å²) >= 11 is 0. The third-order valence-corrected chi connectivity index (χ3v) is 4.50. The van der Waals surface area contributed by atoms with Gasteiger partial charge in [-0.2, -0.15) is 0 Å². The Morgan fingerprint density at radius 1 is 0.812 bits per heavy atom. The molecule has 0 aromatic heterocycles. The Kier molecular flexibility index (Phi) is 3.31. The summed E-state index contributed by atoms with van der Waals surface area (Å²) in [6.07, 6.45) is 0. The second kappa shape index (κ2) is 4.71. The van der Waals surface area contributed by atoms with Crippen molar-refractivity contribution in [3.05, 3.63) is 60.2 Å². The monoisotopic (exact) mass is 236 g/mol. The van der Waals surface area contributed by atoms with Gasteiger partial charge in [-0.15, -0.1) is 0 Å². The first-order chi connectivity index (χ1) is 7.66. The van der Waals surface area contributed by atoms with Crippen LogP contribution in [0.15, 0.2) is 48.5 Å². The average molecular weight is 236 g/mol. The highest BCUT2D eigenvalue weighted by Gasteiger charge is 2.08. The van der Waals surface area contributed by atoms with E-state index in [9.17, 15) is 8.78 Å². The maximum Gasteiger partial charge on any atom is 0.123 e. The quantitative estimate of drug-likeness (QED) is 0.703. The van der Waals surface area contributed by atoms with Crippen LogP contribution >= 0.6 is 7.92 Å². The molecule has 0 heterocycles. The summed E-state index contributed by atoms with van der Waals surface area (Å²) in [5.74, 6) is -0.494. The van der Waals surface area contributed by atoms with Gasteiger partial charge in [0, 0.05) is 0 Å². The zero-order valence-electron chi connectivity index (χ0n) is 8.82. The minimum absolute atomic E-state index is 0.247. The lowest BCUT2D eigenvalue weighted by Crippen LogP contribution is -2.11. The van der Waals surface area contributed by atoms with Crippen LogP contribution in [0.2, 0.25) is 0 Å². The van der Waals surface area contributed by atoms with Crippen molar-refractivity contribution in [3.63, 3.8) is 0 Å². The molecule has 2 aromatic rings. The maximum absolute atomic E-state index is 13.1. The summed E-state index contributed by atoms with van der Waals surface area (Å²) in [7, 11) is -0.683. The molecule has 3 heteroatoms. The van der Waals surface area contributed by atoms with E-state index in [2.05, 4.69) is 0 Å². The minimum Gasteiger partial charge on any atom is -0.207 e. The molecule has 0 N–H and O–H groups in total. The van der Waals surface area contributed by atoms with Gasteiger partial charge >= 0.3 is 0 Å². The van der Waals surface area contributed by atoms with Crippen molar-refractivity contribution in [1.82, 2.24) is 0 Å². The fourth-order valence-corrected chi connectivity index (χ4v) is 3.07. The first-order valence-electron chi connectivity index (χ1n) is 4.92. The highest BCUT2D eigenvalue weighted by molar-refractivity contribution is 7.72. The van der Waals surface area contributed by atoms with Crippen molar-refractivity contribution in [1.29, 1.82) is 0 Å². The predicted octanol–water partition coefficient (Wildman–Crippen LogP) is 3.03. The van der Waals surface area contributed by atoms with Gasteiger partial charge in [-0.3, -0.25) is 0 Å². The van der Waals surface area contributed by atoms with Crippen LogP contribution in [0.1, 0.15) is 0 Å². The summed E-state index contributed by atoms with van der Waals surface area (Å²) in [5.41, 5.74) is 0. The van der Waals surface area contributed by atoms with Crippen molar-refractivity contribution in [2.24, 2.45) is 0 Å². The number of hydrogen-bond acceptors (Lipinski definition) is 0. The molecule has 2 rings (SSSR count). The van der Waals surface area contributed by atoms with Crippen LogP contribution < -0.4 is 10.6 Å². The molecule has 0 radical (unpaired) electrons. The van der Waals surface area contributed by atoms with E-state index in [4.69, 9.17) is 0 Å². The third kappa shape index (κ3) is 2.45. The smallest absolute Gasteiger partial charge is 0.123 e. The van der Waals surface area contributed by atoms with E-state index in [-0.39, 0.29) is 11.6 Å². The van der Waals surface area contributed by atoms with Gasteiger partial charge in [0.1, 0.15) is 11.6 Å². The Morgan fingerprint density at radius 2 is 1.25 bits per heavy atom. The SMILES string of the molecule is CP(c1cccc(F)c1)c1cccc(F)c1. The molecule has 2 aromatic carbocycles. The maximum atomic E-state index is 13.1. The van der Waals surface area contributed by atoms with Gasteiger partial charge in [0.25, 0.3) is 0 Å². The zero-order valence-corrected chi connectivity index (χ0v) is 9.72. The zero-order chi connectivity index (χ0) is 11.5. The average Bonchev–Trinajstić information content (AvgIpc) is 2.28. The predicted molar refractivity (Wildman–Crippen MR) is 64.9 cm³/mol. The van der Waals surface area contributed by atoms with E-state index in [1.807, 2.05) is 18.8 Å². The number of rotatable bonds is 2. The van der Waals surface area contributed by atoms with Gasteiger partial charge in [0.2, 0.25) is 0 Å².